The number of rotatable bonds is 20. The molecule has 0 amide bonds. The lowest BCUT2D eigenvalue weighted by Crippen LogP contribution is -1.99. The molecule has 0 aromatic rings. The predicted molar refractivity (Wildman–Crippen MR) is 135 cm³/mol. The molecular weight excluding hydrogens is 375 g/mol. The molecule has 0 bridgehead atoms. The van der Waals surface area contributed by atoms with Crippen molar-refractivity contribution in [3.63, 3.8) is 0 Å². The van der Waals surface area contributed by atoms with E-state index in [9.17, 15) is 4.79 Å². The lowest BCUT2D eigenvalue weighted by atomic mass is 10.1. The van der Waals surface area contributed by atoms with Crippen LogP contribution in [-0.2, 0) is 9.53 Å². The van der Waals surface area contributed by atoms with Crippen molar-refractivity contribution in [3.8, 4) is 0 Å². The molecule has 2 nitrogen and oxygen atoms in total. The molecule has 0 aliphatic heterocycles. The number of ether oxygens (including phenoxy) is 1. The monoisotopic (exact) mass is 430 g/mol. The van der Waals surface area contributed by atoms with Gasteiger partial charge in [-0.2, -0.15) is 0 Å². The lowest BCUT2D eigenvalue weighted by Gasteiger charge is -2.12. The van der Waals surface area contributed by atoms with Crippen molar-refractivity contribution in [1.82, 2.24) is 0 Å². The second-order valence-electron chi connectivity index (χ2n) is 8.32. The molecule has 0 unspecified atom stereocenters. The Balaban J connectivity index is 0. The van der Waals surface area contributed by atoms with Gasteiger partial charge in [-0.25, -0.2) is 0 Å². The van der Waals surface area contributed by atoms with Gasteiger partial charge in [0.2, 0.25) is 0 Å². The van der Waals surface area contributed by atoms with E-state index in [2.05, 4.69) is 27.7 Å². The highest BCUT2D eigenvalue weighted by Gasteiger charge is 2.01. The van der Waals surface area contributed by atoms with E-state index in [0.29, 0.717) is 14.5 Å². The predicted octanol–water partition coefficient (Wildman–Crippen LogP) is 9.34. The number of unbranched alkanes of at least 4 members (excludes halogenated alkanes) is 14. The summed E-state index contributed by atoms with van der Waals surface area (Å²) in [6.45, 7) is 11.3. The summed E-state index contributed by atoms with van der Waals surface area (Å²) in [5.74, 6) is -0.159. The van der Waals surface area contributed by atoms with Crippen LogP contribution in [0.2, 0.25) is 0 Å². The van der Waals surface area contributed by atoms with Crippen LogP contribution in [0, 0.1) is 0 Å². The second kappa shape index (κ2) is 27.9. The number of esters is 1. The third-order valence-electron chi connectivity index (χ3n) is 5.53. The van der Waals surface area contributed by atoms with Gasteiger partial charge < -0.3 is 4.74 Å². The summed E-state index contributed by atoms with van der Waals surface area (Å²) >= 11 is 0. The summed E-state index contributed by atoms with van der Waals surface area (Å²) in [4.78, 5) is 10.4. The van der Waals surface area contributed by atoms with Gasteiger partial charge in [-0.3, -0.25) is 4.79 Å². The summed E-state index contributed by atoms with van der Waals surface area (Å²) < 4.78 is 4.85. The van der Waals surface area contributed by atoms with Gasteiger partial charge >= 0.3 is 5.97 Å². The van der Waals surface area contributed by atoms with Gasteiger partial charge in [0.1, 0.15) is 0 Å². The van der Waals surface area contributed by atoms with Crippen molar-refractivity contribution in [2.75, 3.05) is 25.1 Å². The molecule has 0 radical (unpaired) electrons. The number of carbonyl (C=O) groups excluding carboxylic acids is 1. The van der Waals surface area contributed by atoms with Gasteiger partial charge in [0.05, 0.1) is 6.61 Å². The molecule has 0 rings (SSSR count). The third kappa shape index (κ3) is 30.2. The Morgan fingerprint density at radius 3 is 1.34 bits per heavy atom. The molecule has 0 spiro atoms. The average Bonchev–Trinajstić information content (AvgIpc) is 2.72. The van der Waals surface area contributed by atoms with Crippen LogP contribution < -0.4 is 0 Å². The molecule has 29 heavy (non-hydrogen) atoms. The molecule has 0 heterocycles. The summed E-state index contributed by atoms with van der Waals surface area (Å²) in [5, 5.41) is 0. The maximum absolute atomic E-state index is 10.4. The van der Waals surface area contributed by atoms with E-state index in [1.165, 1.54) is 122 Å². The van der Waals surface area contributed by atoms with E-state index in [1.54, 1.807) is 0 Å². The average molecular weight is 431 g/mol. The molecule has 0 atom stereocenters. The normalized spacial score (nSPS) is 10.7. The van der Waals surface area contributed by atoms with Gasteiger partial charge in [-0.1, -0.05) is 118 Å². The van der Waals surface area contributed by atoms with Crippen LogP contribution in [0.3, 0.4) is 0 Å². The minimum absolute atomic E-state index is 0.159. The first-order valence-electron chi connectivity index (χ1n) is 13.0. The SMILES string of the molecule is CCCCCCCCCCOC(C)=O.CCCCCCCCCCP(CC)CC. The van der Waals surface area contributed by atoms with Gasteiger partial charge in [0.15, 0.2) is 0 Å². The molecule has 0 aromatic carbocycles. The third-order valence-corrected chi connectivity index (χ3v) is 8.26. The summed E-state index contributed by atoms with van der Waals surface area (Å²) in [7, 11) is 0.414. The lowest BCUT2D eigenvalue weighted by molar-refractivity contribution is -0.141. The molecular formula is C26H55O2P. The van der Waals surface area contributed by atoms with Crippen molar-refractivity contribution >= 4 is 13.9 Å². The first kappa shape index (κ1) is 31.1. The van der Waals surface area contributed by atoms with Gasteiger partial charge in [0.25, 0.3) is 0 Å². The van der Waals surface area contributed by atoms with E-state index < -0.39 is 0 Å². The Morgan fingerprint density at radius 2 is 0.966 bits per heavy atom. The maximum atomic E-state index is 10.4. The van der Waals surface area contributed by atoms with Crippen molar-refractivity contribution in [2.24, 2.45) is 0 Å². The summed E-state index contributed by atoms with van der Waals surface area (Å²) in [6, 6.07) is 0. The molecule has 0 aliphatic rings. The van der Waals surface area contributed by atoms with Gasteiger partial charge in [0, 0.05) is 6.92 Å². The highest BCUT2D eigenvalue weighted by Crippen LogP contribution is 2.35. The summed E-state index contributed by atoms with van der Waals surface area (Å²) in [6.07, 6.45) is 26.4. The number of hydrogen-bond acceptors (Lipinski definition) is 2. The Hall–Kier alpha value is -0.100. The van der Waals surface area contributed by atoms with Crippen LogP contribution in [0.25, 0.3) is 0 Å². The first-order chi connectivity index (χ1) is 14.1. The highest BCUT2D eigenvalue weighted by atomic mass is 31.1. The molecule has 0 fully saturated rings. The minimum atomic E-state index is -0.159. The van der Waals surface area contributed by atoms with Crippen LogP contribution in [0.15, 0.2) is 0 Å². The molecule has 0 saturated carbocycles. The summed E-state index contributed by atoms with van der Waals surface area (Å²) in [5.41, 5.74) is 0. The fourth-order valence-electron chi connectivity index (χ4n) is 3.46. The van der Waals surface area contributed by atoms with Crippen LogP contribution in [0.1, 0.15) is 137 Å². The smallest absolute Gasteiger partial charge is 0.302 e. The van der Waals surface area contributed by atoms with E-state index in [-0.39, 0.29) is 5.97 Å². The van der Waals surface area contributed by atoms with Crippen molar-refractivity contribution < 1.29 is 9.53 Å². The van der Waals surface area contributed by atoms with E-state index >= 15 is 0 Å². The molecule has 0 N–H and O–H groups in total. The minimum Gasteiger partial charge on any atom is -0.466 e. The number of hydrogen-bond donors (Lipinski definition) is 0. The van der Waals surface area contributed by atoms with E-state index in [4.69, 9.17) is 4.74 Å². The van der Waals surface area contributed by atoms with Gasteiger partial charge in [-0.15, -0.1) is 7.92 Å². The molecule has 176 valence electrons. The van der Waals surface area contributed by atoms with E-state index in [1.807, 2.05) is 0 Å². The second-order valence-corrected chi connectivity index (χ2v) is 11.4. The van der Waals surface area contributed by atoms with Crippen LogP contribution in [0.4, 0.5) is 0 Å². The van der Waals surface area contributed by atoms with Crippen LogP contribution in [-0.4, -0.2) is 31.1 Å². The first-order valence-corrected chi connectivity index (χ1v) is 14.9. The zero-order valence-electron chi connectivity index (χ0n) is 20.9. The highest BCUT2D eigenvalue weighted by molar-refractivity contribution is 7.57. The molecule has 0 saturated heterocycles. The zero-order valence-corrected chi connectivity index (χ0v) is 21.8. The van der Waals surface area contributed by atoms with Crippen molar-refractivity contribution in [3.05, 3.63) is 0 Å². The molecule has 3 heteroatoms. The fraction of sp³-hybridized carbons (Fsp3) is 0.962. The Labute approximate surface area is 186 Å². The Bertz CT molecular complexity index is 303. The maximum Gasteiger partial charge on any atom is 0.302 e. The van der Waals surface area contributed by atoms with Crippen molar-refractivity contribution in [1.29, 1.82) is 0 Å². The zero-order chi connectivity index (χ0) is 22.0. The topological polar surface area (TPSA) is 26.3 Å². The number of carbonyl (C=O) groups is 1. The molecule has 0 aromatic heterocycles. The van der Waals surface area contributed by atoms with Crippen molar-refractivity contribution in [2.45, 2.75) is 137 Å². The van der Waals surface area contributed by atoms with E-state index in [0.717, 1.165) is 6.42 Å². The standard InChI is InChI=1S/C14H31P.C12H24O2/c1-4-7-8-9-10-11-12-13-14-15(5-2)6-3;1-3-4-5-6-7-8-9-10-11-14-12(2)13/h4-14H2,1-3H3;3-11H2,1-2H3. The largest absolute Gasteiger partial charge is 0.466 e. The Morgan fingerprint density at radius 1 is 0.586 bits per heavy atom. The van der Waals surface area contributed by atoms with Crippen LogP contribution in [0.5, 0.6) is 0 Å². The van der Waals surface area contributed by atoms with Crippen LogP contribution >= 0.6 is 7.92 Å². The fourth-order valence-corrected chi connectivity index (χ4v) is 5.21. The quantitative estimate of drug-likeness (QED) is 0.109. The molecule has 0 aliphatic carbocycles. The van der Waals surface area contributed by atoms with Gasteiger partial charge in [-0.05, 0) is 31.3 Å². The Kier molecular flexibility index (Phi) is 29.9.